The molecular weight excluding hydrogens is 274 g/mol. The van der Waals surface area contributed by atoms with E-state index in [-0.39, 0.29) is 17.9 Å². The summed E-state index contributed by atoms with van der Waals surface area (Å²) in [6.07, 6.45) is 2.80. The molecule has 3 rings (SSSR count). The number of benzene rings is 2. The van der Waals surface area contributed by atoms with Crippen molar-refractivity contribution in [3.8, 4) is 16.9 Å². The Morgan fingerprint density at radius 3 is 2.38 bits per heavy atom. The number of hydrogen-bond acceptors (Lipinski definition) is 2. The van der Waals surface area contributed by atoms with Gasteiger partial charge in [-0.25, -0.2) is 8.78 Å². The molecule has 1 heterocycles. The van der Waals surface area contributed by atoms with Crippen LogP contribution in [0.4, 0.5) is 8.78 Å². The molecule has 0 aliphatic rings. The fraction of sp³-hybridized carbons (Fsp3) is 0.0625. The molecule has 0 spiro atoms. The van der Waals surface area contributed by atoms with E-state index in [1.807, 2.05) is 30.3 Å². The molecule has 106 valence electrons. The number of nitrogens with one attached hydrogen (secondary N) is 1. The van der Waals surface area contributed by atoms with Gasteiger partial charge in [0.15, 0.2) is 0 Å². The average Bonchev–Trinajstić information content (AvgIpc) is 2.99. The number of H-pyrrole nitrogens is 1. The van der Waals surface area contributed by atoms with Crippen LogP contribution < -0.4 is 4.74 Å². The molecule has 21 heavy (non-hydrogen) atoms. The smallest absolute Gasteiger partial charge is 0.137 e. The molecule has 0 bridgehead atoms. The molecule has 0 aliphatic carbocycles. The molecule has 2 aromatic carbocycles. The minimum Gasteiger partial charge on any atom is -0.489 e. The second-order valence-electron chi connectivity index (χ2n) is 4.52. The molecule has 0 unspecified atom stereocenters. The molecule has 0 amide bonds. The van der Waals surface area contributed by atoms with E-state index in [0.717, 1.165) is 5.56 Å². The van der Waals surface area contributed by atoms with Gasteiger partial charge in [-0.2, -0.15) is 5.10 Å². The molecule has 5 heteroatoms. The second kappa shape index (κ2) is 5.75. The Kier molecular flexibility index (Phi) is 3.64. The van der Waals surface area contributed by atoms with Crippen LogP contribution in [-0.2, 0) is 6.61 Å². The van der Waals surface area contributed by atoms with Gasteiger partial charge in [-0.05, 0) is 5.56 Å². The Bertz CT molecular complexity index is 704. The van der Waals surface area contributed by atoms with E-state index in [2.05, 4.69) is 10.2 Å². The third-order valence-corrected chi connectivity index (χ3v) is 3.05. The molecule has 3 aromatic rings. The number of nitrogens with zero attached hydrogens (tertiary/aromatic N) is 1. The van der Waals surface area contributed by atoms with E-state index in [1.165, 1.54) is 24.5 Å². The molecule has 0 saturated carbocycles. The van der Waals surface area contributed by atoms with Crippen LogP contribution in [0.5, 0.6) is 5.75 Å². The van der Waals surface area contributed by atoms with Crippen molar-refractivity contribution in [1.29, 1.82) is 0 Å². The van der Waals surface area contributed by atoms with Crippen LogP contribution in [0.3, 0.4) is 0 Å². The summed E-state index contributed by atoms with van der Waals surface area (Å²) in [5.74, 6) is -1.21. The summed E-state index contributed by atoms with van der Waals surface area (Å²) >= 11 is 0. The highest BCUT2D eigenvalue weighted by atomic mass is 19.1. The zero-order valence-corrected chi connectivity index (χ0v) is 11.0. The maximum absolute atomic E-state index is 14.0. The Morgan fingerprint density at radius 2 is 1.76 bits per heavy atom. The van der Waals surface area contributed by atoms with Crippen LogP contribution in [0.2, 0.25) is 0 Å². The summed E-state index contributed by atoms with van der Waals surface area (Å²) in [7, 11) is 0. The normalized spacial score (nSPS) is 10.6. The minimum atomic E-state index is -0.681. The molecule has 0 aliphatic heterocycles. The van der Waals surface area contributed by atoms with Gasteiger partial charge in [0.05, 0.1) is 11.8 Å². The molecular formula is C16H12F2N2O. The fourth-order valence-electron chi connectivity index (χ4n) is 2.04. The van der Waals surface area contributed by atoms with Crippen molar-refractivity contribution in [3.63, 3.8) is 0 Å². The van der Waals surface area contributed by atoms with Crippen molar-refractivity contribution >= 4 is 0 Å². The highest BCUT2D eigenvalue weighted by molar-refractivity contribution is 5.64. The SMILES string of the molecule is Fc1cc(OCc2ccccc2)cc(F)c1-c1cn[nH]c1. The van der Waals surface area contributed by atoms with Crippen LogP contribution in [0.15, 0.2) is 54.9 Å². The van der Waals surface area contributed by atoms with Crippen molar-refractivity contribution in [2.75, 3.05) is 0 Å². The van der Waals surface area contributed by atoms with E-state index in [4.69, 9.17) is 4.74 Å². The highest BCUT2D eigenvalue weighted by Crippen LogP contribution is 2.29. The van der Waals surface area contributed by atoms with Gasteiger partial charge in [0.2, 0.25) is 0 Å². The topological polar surface area (TPSA) is 37.9 Å². The lowest BCUT2D eigenvalue weighted by molar-refractivity contribution is 0.303. The summed E-state index contributed by atoms with van der Waals surface area (Å²) in [4.78, 5) is 0. The molecule has 0 radical (unpaired) electrons. The van der Waals surface area contributed by atoms with Gasteiger partial charge in [-0.1, -0.05) is 30.3 Å². The number of ether oxygens (including phenoxy) is 1. The summed E-state index contributed by atoms with van der Waals surface area (Å²) in [5.41, 5.74) is 1.17. The Labute approximate surface area is 120 Å². The Hall–Kier alpha value is -2.69. The number of rotatable bonds is 4. The van der Waals surface area contributed by atoms with Crippen LogP contribution in [0.1, 0.15) is 5.56 Å². The van der Waals surface area contributed by atoms with Gasteiger partial charge < -0.3 is 4.74 Å². The number of hydrogen-bond donors (Lipinski definition) is 1. The van der Waals surface area contributed by atoms with Crippen molar-refractivity contribution in [2.24, 2.45) is 0 Å². The largest absolute Gasteiger partial charge is 0.489 e. The average molecular weight is 286 g/mol. The van der Waals surface area contributed by atoms with Crippen molar-refractivity contribution in [2.45, 2.75) is 6.61 Å². The molecule has 3 nitrogen and oxygen atoms in total. The second-order valence-corrected chi connectivity index (χ2v) is 4.52. The van der Waals surface area contributed by atoms with E-state index >= 15 is 0 Å². The monoisotopic (exact) mass is 286 g/mol. The first-order chi connectivity index (χ1) is 10.2. The summed E-state index contributed by atoms with van der Waals surface area (Å²) in [6, 6.07) is 11.8. The van der Waals surface area contributed by atoms with Gasteiger partial charge >= 0.3 is 0 Å². The first kappa shape index (κ1) is 13.3. The highest BCUT2D eigenvalue weighted by Gasteiger charge is 2.14. The minimum absolute atomic E-state index is 0.115. The quantitative estimate of drug-likeness (QED) is 0.789. The molecule has 0 saturated heterocycles. The maximum atomic E-state index is 14.0. The molecule has 1 N–H and O–H groups in total. The van der Waals surface area contributed by atoms with Gasteiger partial charge in [-0.3, -0.25) is 5.10 Å². The van der Waals surface area contributed by atoms with Crippen LogP contribution in [0, 0.1) is 11.6 Å². The Balaban J connectivity index is 1.82. The van der Waals surface area contributed by atoms with Crippen LogP contribution >= 0.6 is 0 Å². The summed E-state index contributed by atoms with van der Waals surface area (Å²) in [5, 5.41) is 6.22. The first-order valence-electron chi connectivity index (χ1n) is 6.39. The molecule has 1 aromatic heterocycles. The predicted octanol–water partition coefficient (Wildman–Crippen LogP) is 3.93. The van der Waals surface area contributed by atoms with Gasteiger partial charge in [0, 0.05) is 23.9 Å². The van der Waals surface area contributed by atoms with Crippen molar-refractivity contribution in [3.05, 3.63) is 72.1 Å². The Morgan fingerprint density at radius 1 is 1.05 bits per heavy atom. The van der Waals surface area contributed by atoms with E-state index < -0.39 is 11.6 Å². The van der Waals surface area contributed by atoms with E-state index in [1.54, 1.807) is 0 Å². The lowest BCUT2D eigenvalue weighted by atomic mass is 10.1. The third-order valence-electron chi connectivity index (χ3n) is 3.05. The standard InChI is InChI=1S/C16H12F2N2O/c17-14-6-13(21-10-11-4-2-1-3-5-11)7-15(18)16(14)12-8-19-20-9-12/h1-9H,10H2,(H,19,20). The third kappa shape index (κ3) is 2.91. The van der Waals surface area contributed by atoms with Gasteiger partial charge in [0.1, 0.15) is 24.0 Å². The van der Waals surface area contributed by atoms with Gasteiger partial charge in [-0.15, -0.1) is 0 Å². The lowest BCUT2D eigenvalue weighted by Gasteiger charge is -2.09. The zero-order chi connectivity index (χ0) is 14.7. The number of halogens is 2. The summed E-state index contributed by atoms with van der Waals surface area (Å²) < 4.78 is 33.5. The molecule has 0 fully saturated rings. The van der Waals surface area contributed by atoms with Crippen LogP contribution in [0.25, 0.3) is 11.1 Å². The number of aromatic amines is 1. The fourth-order valence-corrected chi connectivity index (χ4v) is 2.04. The zero-order valence-electron chi connectivity index (χ0n) is 11.0. The summed E-state index contributed by atoms with van der Waals surface area (Å²) in [6.45, 7) is 0.255. The molecule has 0 atom stereocenters. The van der Waals surface area contributed by atoms with Crippen molar-refractivity contribution in [1.82, 2.24) is 10.2 Å². The van der Waals surface area contributed by atoms with E-state index in [9.17, 15) is 8.78 Å². The predicted molar refractivity (Wildman–Crippen MR) is 74.7 cm³/mol. The maximum Gasteiger partial charge on any atom is 0.137 e. The number of aromatic nitrogens is 2. The lowest BCUT2D eigenvalue weighted by Crippen LogP contribution is -1.98. The van der Waals surface area contributed by atoms with Crippen LogP contribution in [-0.4, -0.2) is 10.2 Å². The van der Waals surface area contributed by atoms with Gasteiger partial charge in [0.25, 0.3) is 0 Å². The first-order valence-corrected chi connectivity index (χ1v) is 6.39. The van der Waals surface area contributed by atoms with Crippen molar-refractivity contribution < 1.29 is 13.5 Å². The van der Waals surface area contributed by atoms with E-state index in [0.29, 0.717) is 5.56 Å².